The molecule has 0 bridgehead atoms. The molecule has 0 unspecified atom stereocenters. The number of carbonyl (C=O) groups excluding carboxylic acids is 1. The number of aryl methyl sites for hydroxylation is 2. The van der Waals surface area contributed by atoms with Crippen molar-refractivity contribution in [1.82, 2.24) is 20.2 Å². The highest BCUT2D eigenvalue weighted by atomic mass is 32.2. The maximum absolute atomic E-state index is 12.7. The molecule has 0 aliphatic carbocycles. The minimum absolute atomic E-state index is 0.0747. The van der Waals surface area contributed by atoms with E-state index in [2.05, 4.69) is 15.5 Å². The molecule has 0 N–H and O–H groups in total. The lowest BCUT2D eigenvalue weighted by atomic mass is 10.0. The van der Waals surface area contributed by atoms with Crippen molar-refractivity contribution in [3.8, 4) is 5.69 Å². The summed E-state index contributed by atoms with van der Waals surface area (Å²) in [5, 5.41) is 12.1. The van der Waals surface area contributed by atoms with Crippen LogP contribution in [0.2, 0.25) is 0 Å². The minimum Gasteiger partial charge on any atom is -0.293 e. The van der Waals surface area contributed by atoms with Crippen molar-refractivity contribution in [2.24, 2.45) is 0 Å². The van der Waals surface area contributed by atoms with Crippen molar-refractivity contribution in [2.75, 3.05) is 0 Å². The molecule has 0 spiro atoms. The van der Waals surface area contributed by atoms with Gasteiger partial charge in [-0.25, -0.2) is 0 Å². The Kier molecular flexibility index (Phi) is 4.76. The van der Waals surface area contributed by atoms with Crippen LogP contribution in [0.3, 0.4) is 0 Å². The van der Waals surface area contributed by atoms with Crippen molar-refractivity contribution in [3.63, 3.8) is 0 Å². The number of para-hydroxylation sites is 1. The average molecular weight is 338 g/mol. The van der Waals surface area contributed by atoms with Crippen molar-refractivity contribution >= 4 is 17.5 Å². The quantitative estimate of drug-likeness (QED) is 0.525. The molecular formula is C18H18N4OS. The van der Waals surface area contributed by atoms with Crippen molar-refractivity contribution < 1.29 is 4.79 Å². The summed E-state index contributed by atoms with van der Waals surface area (Å²) in [6.45, 7) is 5.93. The fraction of sp³-hybridized carbons (Fsp3) is 0.222. The van der Waals surface area contributed by atoms with Crippen LogP contribution in [0.1, 0.15) is 28.4 Å². The third-order valence-corrected chi connectivity index (χ3v) is 4.92. The Labute approximate surface area is 145 Å². The summed E-state index contributed by atoms with van der Waals surface area (Å²) in [5.41, 5.74) is 3.89. The number of nitrogens with zero attached hydrogens (tertiary/aromatic N) is 4. The molecule has 0 saturated heterocycles. The van der Waals surface area contributed by atoms with Gasteiger partial charge in [0.15, 0.2) is 5.78 Å². The molecule has 3 rings (SSSR count). The van der Waals surface area contributed by atoms with E-state index in [1.807, 2.05) is 69.3 Å². The SMILES string of the molecule is Cc1ccc(C(=O)[C@@H](C)Sc2nnnn2-c2ccccc2)cc1C. The number of thioether (sulfide) groups is 1. The second-order valence-corrected chi connectivity index (χ2v) is 6.94. The highest BCUT2D eigenvalue weighted by Gasteiger charge is 2.20. The van der Waals surface area contributed by atoms with Gasteiger partial charge in [-0.1, -0.05) is 42.1 Å². The molecule has 6 heteroatoms. The summed E-state index contributed by atoms with van der Waals surface area (Å²) < 4.78 is 1.65. The Hall–Kier alpha value is -2.47. The number of carbonyl (C=O) groups is 1. The highest BCUT2D eigenvalue weighted by Crippen LogP contribution is 2.25. The predicted octanol–water partition coefficient (Wildman–Crippen LogP) is 3.64. The van der Waals surface area contributed by atoms with E-state index in [0.717, 1.165) is 16.8 Å². The zero-order valence-electron chi connectivity index (χ0n) is 13.8. The summed E-state index contributed by atoms with van der Waals surface area (Å²) >= 11 is 1.36. The number of tetrazole rings is 1. The predicted molar refractivity (Wildman–Crippen MR) is 94.7 cm³/mol. The monoisotopic (exact) mass is 338 g/mol. The van der Waals surface area contributed by atoms with E-state index < -0.39 is 0 Å². The van der Waals surface area contributed by atoms with E-state index in [0.29, 0.717) is 5.16 Å². The molecule has 0 radical (unpaired) electrons. The standard InChI is InChI=1S/C18H18N4OS/c1-12-9-10-15(11-13(12)2)17(23)14(3)24-18-19-20-21-22(18)16-7-5-4-6-8-16/h4-11,14H,1-3H3/t14-/m1/s1. The zero-order valence-corrected chi connectivity index (χ0v) is 14.6. The van der Waals surface area contributed by atoms with Crippen LogP contribution in [0.5, 0.6) is 0 Å². The fourth-order valence-corrected chi connectivity index (χ4v) is 3.21. The Bertz CT molecular complexity index is 860. The van der Waals surface area contributed by atoms with Crippen LogP contribution in [-0.4, -0.2) is 31.2 Å². The first-order chi connectivity index (χ1) is 11.6. The molecule has 122 valence electrons. The van der Waals surface area contributed by atoms with Gasteiger partial charge in [0, 0.05) is 5.56 Å². The van der Waals surface area contributed by atoms with Crippen LogP contribution in [0.25, 0.3) is 5.69 Å². The van der Waals surface area contributed by atoms with Crippen LogP contribution in [-0.2, 0) is 0 Å². The highest BCUT2D eigenvalue weighted by molar-refractivity contribution is 8.00. The second-order valence-electron chi connectivity index (χ2n) is 5.63. The summed E-state index contributed by atoms with van der Waals surface area (Å²) in [6, 6.07) is 15.4. The average Bonchev–Trinajstić information content (AvgIpc) is 3.05. The first-order valence-corrected chi connectivity index (χ1v) is 8.56. The van der Waals surface area contributed by atoms with Crippen molar-refractivity contribution in [2.45, 2.75) is 31.2 Å². The topological polar surface area (TPSA) is 60.7 Å². The lowest BCUT2D eigenvalue weighted by molar-refractivity contribution is 0.0993. The number of hydrogen-bond donors (Lipinski definition) is 0. The molecular weight excluding hydrogens is 320 g/mol. The number of benzene rings is 2. The van der Waals surface area contributed by atoms with Gasteiger partial charge in [-0.3, -0.25) is 4.79 Å². The Morgan fingerprint density at radius 2 is 1.83 bits per heavy atom. The van der Waals surface area contributed by atoms with Gasteiger partial charge in [-0.05, 0) is 60.5 Å². The summed E-state index contributed by atoms with van der Waals surface area (Å²) in [4.78, 5) is 12.7. The summed E-state index contributed by atoms with van der Waals surface area (Å²) in [6.07, 6.45) is 0. The molecule has 0 amide bonds. The molecule has 1 aromatic heterocycles. The van der Waals surface area contributed by atoms with Gasteiger partial charge in [0.05, 0.1) is 10.9 Å². The molecule has 3 aromatic rings. The lowest BCUT2D eigenvalue weighted by Crippen LogP contribution is -2.15. The number of hydrogen-bond acceptors (Lipinski definition) is 5. The third kappa shape index (κ3) is 3.38. The summed E-state index contributed by atoms with van der Waals surface area (Å²) in [5.74, 6) is 0.0747. The van der Waals surface area contributed by atoms with Gasteiger partial charge in [0.1, 0.15) is 0 Å². The van der Waals surface area contributed by atoms with Gasteiger partial charge in [-0.2, -0.15) is 4.68 Å². The molecule has 5 nitrogen and oxygen atoms in total. The Balaban J connectivity index is 1.80. The zero-order chi connectivity index (χ0) is 17.1. The second kappa shape index (κ2) is 6.97. The summed E-state index contributed by atoms with van der Waals surface area (Å²) in [7, 11) is 0. The molecule has 0 aliphatic rings. The number of Topliss-reactive ketones (excluding diaryl/α,β-unsaturated/α-hetero) is 1. The minimum atomic E-state index is -0.277. The van der Waals surface area contributed by atoms with E-state index in [1.165, 1.54) is 17.3 Å². The van der Waals surface area contributed by atoms with E-state index in [1.54, 1.807) is 4.68 Å². The molecule has 0 aliphatic heterocycles. The van der Waals surface area contributed by atoms with Crippen LogP contribution in [0.4, 0.5) is 0 Å². The first-order valence-electron chi connectivity index (χ1n) is 7.68. The normalized spacial score (nSPS) is 12.1. The number of rotatable bonds is 5. The van der Waals surface area contributed by atoms with E-state index in [-0.39, 0.29) is 11.0 Å². The first kappa shape index (κ1) is 16.4. The van der Waals surface area contributed by atoms with Crippen LogP contribution in [0, 0.1) is 13.8 Å². The molecule has 0 fully saturated rings. The van der Waals surface area contributed by atoms with Crippen molar-refractivity contribution in [3.05, 3.63) is 65.2 Å². The van der Waals surface area contributed by atoms with Gasteiger partial charge in [0.25, 0.3) is 0 Å². The molecule has 24 heavy (non-hydrogen) atoms. The largest absolute Gasteiger partial charge is 0.293 e. The lowest BCUT2D eigenvalue weighted by Gasteiger charge is -2.11. The molecule has 1 heterocycles. The number of aromatic nitrogens is 4. The smallest absolute Gasteiger partial charge is 0.214 e. The fourth-order valence-electron chi connectivity index (χ4n) is 2.32. The van der Waals surface area contributed by atoms with Gasteiger partial charge < -0.3 is 0 Å². The maximum Gasteiger partial charge on any atom is 0.214 e. The van der Waals surface area contributed by atoms with E-state index in [9.17, 15) is 4.79 Å². The molecule has 2 aromatic carbocycles. The van der Waals surface area contributed by atoms with Crippen LogP contribution < -0.4 is 0 Å². The number of ketones is 1. The Morgan fingerprint density at radius 1 is 1.08 bits per heavy atom. The van der Waals surface area contributed by atoms with Gasteiger partial charge in [0.2, 0.25) is 5.16 Å². The molecule has 0 saturated carbocycles. The van der Waals surface area contributed by atoms with Gasteiger partial charge in [-0.15, -0.1) is 5.10 Å². The maximum atomic E-state index is 12.7. The Morgan fingerprint density at radius 3 is 2.54 bits per heavy atom. The molecule has 1 atom stereocenters. The third-order valence-electron chi connectivity index (χ3n) is 3.88. The van der Waals surface area contributed by atoms with Crippen molar-refractivity contribution in [1.29, 1.82) is 0 Å². The van der Waals surface area contributed by atoms with Crippen LogP contribution >= 0.6 is 11.8 Å². The van der Waals surface area contributed by atoms with Crippen LogP contribution in [0.15, 0.2) is 53.7 Å². The van der Waals surface area contributed by atoms with E-state index >= 15 is 0 Å². The van der Waals surface area contributed by atoms with Gasteiger partial charge >= 0.3 is 0 Å². The van der Waals surface area contributed by atoms with E-state index in [4.69, 9.17) is 0 Å².